The van der Waals surface area contributed by atoms with Crippen molar-refractivity contribution in [1.29, 1.82) is 0 Å². The zero-order valence-electron chi connectivity index (χ0n) is 37.9. The largest absolute Gasteiger partial charge is 0.506 e. The van der Waals surface area contributed by atoms with Gasteiger partial charge in [-0.25, -0.2) is 0 Å². The maximum Gasteiger partial charge on any atom is 0.460 e. The monoisotopic (exact) mass is 1200 g/mol. The van der Waals surface area contributed by atoms with Gasteiger partial charge in [0.2, 0.25) is 0 Å². The number of alkyl halides is 21. The molecule has 6 fully saturated rings. The molecule has 0 spiro atoms. The summed E-state index contributed by atoms with van der Waals surface area (Å²) in [4.78, 5) is 36.9. The third kappa shape index (κ3) is 7.90. The first kappa shape index (κ1) is 62.0. The van der Waals surface area contributed by atoms with E-state index in [1.54, 1.807) is 41.5 Å². The van der Waals surface area contributed by atoms with E-state index in [9.17, 15) is 122 Å². The molecule has 0 amide bonds. The number of Topliss-reactive ketones (excluding diaryl/α,β-unsaturated/α-hetero) is 3. The Hall–Kier alpha value is -2.26. The first-order valence-corrected chi connectivity index (χ1v) is 20.5. The number of halogens is 21. The van der Waals surface area contributed by atoms with Crippen LogP contribution in [0.2, 0.25) is 0 Å². The van der Waals surface area contributed by atoms with Crippen molar-refractivity contribution < 1.29 is 171 Å². The number of carbonyl (C=O) groups excluding carboxylic acids is 3. The number of rotatable bonds is 6. The van der Waals surface area contributed by atoms with E-state index in [1.807, 2.05) is 0 Å². The van der Waals surface area contributed by atoms with E-state index in [2.05, 4.69) is 0 Å². The van der Waals surface area contributed by atoms with Gasteiger partial charge in [0.05, 0.1) is 0 Å². The molecule has 6 rings (SSSR count). The summed E-state index contributed by atoms with van der Waals surface area (Å²) >= 11 is 0. The molecule has 6 saturated carbocycles. The Labute approximate surface area is 425 Å². The molecule has 6 bridgehead atoms. The molecule has 0 aliphatic heterocycles. The summed E-state index contributed by atoms with van der Waals surface area (Å²) < 4.78 is 271. The topological polar surface area (TPSA) is 112 Å². The van der Waals surface area contributed by atoms with Gasteiger partial charge in [0, 0.05) is 82.3 Å². The molecule has 6 nitrogen and oxygen atoms in total. The van der Waals surface area contributed by atoms with Crippen LogP contribution in [0.3, 0.4) is 0 Å². The predicted molar refractivity (Wildman–Crippen MR) is 196 cm³/mol. The summed E-state index contributed by atoms with van der Waals surface area (Å²) in [6.07, 6.45) is -18.3. The number of hydrogen-bond donors (Lipinski definition) is 3. The van der Waals surface area contributed by atoms with E-state index < -0.39 is 156 Å². The van der Waals surface area contributed by atoms with Crippen molar-refractivity contribution in [2.75, 3.05) is 0 Å². The van der Waals surface area contributed by atoms with Crippen LogP contribution in [0.25, 0.3) is 0 Å². The second-order valence-corrected chi connectivity index (χ2v) is 20.6. The third-order valence-electron chi connectivity index (χ3n) is 16.9. The second-order valence-electron chi connectivity index (χ2n) is 20.6. The first-order chi connectivity index (χ1) is 30.1. The van der Waals surface area contributed by atoms with Crippen LogP contribution in [0.1, 0.15) is 101 Å². The average molecular weight is 1200 g/mol. The molecule has 3 N–H and O–H groups in total. The number of fused-ring (bicyclic) bond motifs is 6. The van der Waals surface area contributed by atoms with Gasteiger partial charge < -0.3 is 15.3 Å². The fraction of sp³-hybridized carbons (Fsp3) is 0.786. The first-order valence-electron chi connectivity index (χ1n) is 20.5. The molecule has 1 radical (unpaired) electrons. The minimum atomic E-state index is -6.56. The van der Waals surface area contributed by atoms with Crippen LogP contribution in [0.4, 0.5) is 92.2 Å². The Morgan fingerprint density at radius 2 is 0.529 bits per heavy atom. The van der Waals surface area contributed by atoms with E-state index in [4.69, 9.17) is 0 Å². The molecular formula is C42H45EuF21O6. The van der Waals surface area contributed by atoms with Gasteiger partial charge in [0.15, 0.2) is 34.6 Å². The molecule has 0 heterocycles. The van der Waals surface area contributed by atoms with Gasteiger partial charge in [0.1, 0.15) is 0 Å². The number of ketones is 3. The van der Waals surface area contributed by atoms with Crippen molar-refractivity contribution in [3.05, 3.63) is 34.0 Å². The summed E-state index contributed by atoms with van der Waals surface area (Å²) in [7, 11) is 0. The van der Waals surface area contributed by atoms with Gasteiger partial charge in [-0.2, -0.15) is 92.2 Å². The van der Waals surface area contributed by atoms with E-state index >= 15 is 0 Å². The average Bonchev–Trinajstić information content (AvgIpc) is 3.79. The smallest absolute Gasteiger partial charge is 0.460 e. The number of aliphatic hydroxyl groups is 3. The zero-order chi connectivity index (χ0) is 54.7. The molecule has 6 aliphatic rings. The van der Waals surface area contributed by atoms with Crippen LogP contribution in [0.15, 0.2) is 34.0 Å². The number of carbonyl (C=O) groups is 3. The van der Waals surface area contributed by atoms with E-state index in [0.29, 0.717) is 19.3 Å². The maximum atomic E-state index is 13.7. The SMILES string of the molecule is CC1(C)[C@@H]2CC[C@@]1(C)C(=O)/C2=C(/O)C(F)(F)C(F)(F)C(F)(F)F.CC1(C)[C@@H]2CC[C@@]1(C)C(=O)/C2=C(/O)C(F)(F)C(F)(F)C(F)(F)F.CC1(C)[C@@H]2CC[C@@]1(C)C(=O)/C2=C(/O)C(F)(F)C(F)(F)C(F)(F)F.[Eu]. The van der Waals surface area contributed by atoms with Gasteiger partial charge in [-0.15, -0.1) is 0 Å². The molecule has 0 unspecified atom stereocenters. The Kier molecular flexibility index (Phi) is 15.2. The van der Waals surface area contributed by atoms with E-state index in [1.165, 1.54) is 20.8 Å². The van der Waals surface area contributed by atoms with Gasteiger partial charge in [0.25, 0.3) is 0 Å². The summed E-state index contributed by atoms with van der Waals surface area (Å²) in [6, 6.07) is 0. The standard InChI is InChI=1S/3C14H15F7O2.Eu/c3*1-10(2)6-4-5-11(10,3)8(22)7(6)9(23)12(15,16)13(17,18)14(19,20)21;/h3*6,23H,4-5H2,1-3H3;/b3*9-7+;/t3*6-,11+;/m111./s1. The minimum Gasteiger partial charge on any atom is -0.506 e. The van der Waals surface area contributed by atoms with Crippen LogP contribution in [0, 0.1) is 99.6 Å². The number of allylic oxidation sites excluding steroid dienone is 6. The Bertz CT molecular complexity index is 2020. The molecule has 0 saturated heterocycles. The van der Waals surface area contributed by atoms with Crippen molar-refractivity contribution in [1.82, 2.24) is 0 Å². The van der Waals surface area contributed by atoms with Crippen molar-refractivity contribution in [2.24, 2.45) is 50.2 Å². The molecule has 70 heavy (non-hydrogen) atoms. The van der Waals surface area contributed by atoms with Gasteiger partial charge in [-0.05, 0) is 72.5 Å². The summed E-state index contributed by atoms with van der Waals surface area (Å²) in [5.41, 5.74) is -9.29. The van der Waals surface area contributed by atoms with Crippen LogP contribution >= 0.6 is 0 Å². The Morgan fingerprint density at radius 3 is 0.643 bits per heavy atom. The van der Waals surface area contributed by atoms with Crippen LogP contribution in [0.5, 0.6) is 0 Å². The fourth-order valence-corrected chi connectivity index (χ4v) is 10.9. The summed E-state index contributed by atoms with van der Waals surface area (Å²) in [5.74, 6) is -50.5. The molecular weight excluding hydrogens is 1150 g/mol. The molecule has 403 valence electrons. The third-order valence-corrected chi connectivity index (χ3v) is 16.9. The summed E-state index contributed by atoms with van der Waals surface area (Å²) in [6.45, 7) is 13.6. The quantitative estimate of drug-likeness (QED) is 0.139. The van der Waals surface area contributed by atoms with Gasteiger partial charge >= 0.3 is 54.1 Å². The predicted octanol–water partition coefficient (Wildman–Crippen LogP) is 14.0. The zero-order valence-corrected chi connectivity index (χ0v) is 40.3. The number of hydrogen-bond acceptors (Lipinski definition) is 6. The Morgan fingerprint density at radius 1 is 0.371 bits per heavy atom. The van der Waals surface area contributed by atoms with Crippen molar-refractivity contribution in [3.8, 4) is 0 Å². The van der Waals surface area contributed by atoms with Gasteiger partial charge in [-0.1, -0.05) is 62.3 Å². The van der Waals surface area contributed by atoms with Crippen LogP contribution in [-0.4, -0.2) is 86.7 Å². The number of aliphatic hydroxyl groups excluding tert-OH is 3. The fourth-order valence-electron chi connectivity index (χ4n) is 10.9. The van der Waals surface area contributed by atoms with E-state index in [0.717, 1.165) is 0 Å². The second kappa shape index (κ2) is 17.1. The van der Waals surface area contributed by atoms with Crippen molar-refractivity contribution in [3.63, 3.8) is 0 Å². The van der Waals surface area contributed by atoms with E-state index in [-0.39, 0.29) is 68.6 Å². The molecule has 0 aromatic rings. The molecule has 28 heteroatoms. The molecule has 0 aromatic carbocycles. The molecule has 6 atom stereocenters. The minimum absolute atomic E-state index is 0. The van der Waals surface area contributed by atoms with Gasteiger partial charge in [-0.3, -0.25) is 14.4 Å². The normalized spacial score (nSPS) is 32.8. The van der Waals surface area contributed by atoms with Crippen molar-refractivity contribution in [2.45, 2.75) is 155 Å². The molecule has 6 aliphatic carbocycles. The molecule has 0 aromatic heterocycles. The maximum absolute atomic E-state index is 13.7. The Balaban J connectivity index is 0.000000276. The van der Waals surface area contributed by atoms with Crippen LogP contribution < -0.4 is 0 Å². The van der Waals surface area contributed by atoms with Crippen molar-refractivity contribution >= 4 is 17.3 Å². The van der Waals surface area contributed by atoms with Crippen LogP contribution in [-0.2, 0) is 14.4 Å². The summed E-state index contributed by atoms with van der Waals surface area (Å²) in [5, 5.41) is 28.6.